The average molecular weight is 354 g/mol. The number of phosphoric ester groups is 1. The van der Waals surface area contributed by atoms with Gasteiger partial charge in [-0.2, -0.15) is 0 Å². The number of aliphatic hydroxyl groups is 1. The van der Waals surface area contributed by atoms with Crippen molar-refractivity contribution in [1.82, 2.24) is 0 Å². The summed E-state index contributed by atoms with van der Waals surface area (Å²) in [5, 5.41) is 8.97. The van der Waals surface area contributed by atoms with Crippen LogP contribution < -0.4 is 0 Å². The van der Waals surface area contributed by atoms with Gasteiger partial charge < -0.3 is 19.6 Å². The summed E-state index contributed by atoms with van der Waals surface area (Å²) in [6, 6.07) is 0. The molecule has 0 radical (unpaired) electrons. The molecule has 0 atom stereocenters. The first-order valence-corrected chi connectivity index (χ1v) is 9.95. The van der Waals surface area contributed by atoms with E-state index < -0.39 is 13.4 Å². The van der Waals surface area contributed by atoms with Crippen molar-refractivity contribution in [3.63, 3.8) is 0 Å². The Morgan fingerprint density at radius 3 is 1.87 bits per heavy atom. The van der Waals surface area contributed by atoms with Gasteiger partial charge in [0.25, 0.3) is 0 Å². The van der Waals surface area contributed by atoms with Crippen molar-refractivity contribution in [3.05, 3.63) is 0 Å². The highest BCUT2D eigenvalue weighted by atomic mass is 31.2. The van der Waals surface area contributed by atoms with Gasteiger partial charge in [0.05, 0.1) is 5.60 Å². The van der Waals surface area contributed by atoms with Crippen LogP contribution in [0.2, 0.25) is 0 Å². The van der Waals surface area contributed by atoms with E-state index in [4.69, 9.17) is 24.2 Å². The molecule has 0 rings (SSSR count). The standard InChI is InChI=1S/C16H35O6P/c1-15(2,11-12-17)9-5-7-13-21-14-8-6-10-16(3,4)22-23(18,19)20/h17H,5-14H2,1-4H3,(H2,18,19,20). The first-order chi connectivity index (χ1) is 10.5. The maximum atomic E-state index is 10.8. The van der Waals surface area contributed by atoms with Crippen LogP contribution in [0, 0.1) is 5.41 Å². The number of phosphoric acid groups is 1. The van der Waals surface area contributed by atoms with Crippen molar-refractivity contribution < 1.29 is 28.7 Å². The molecule has 23 heavy (non-hydrogen) atoms. The molecule has 0 unspecified atom stereocenters. The van der Waals surface area contributed by atoms with Crippen molar-refractivity contribution in [2.75, 3.05) is 19.8 Å². The van der Waals surface area contributed by atoms with Gasteiger partial charge in [-0.25, -0.2) is 4.57 Å². The van der Waals surface area contributed by atoms with Crippen LogP contribution in [0.3, 0.4) is 0 Å². The van der Waals surface area contributed by atoms with Crippen LogP contribution in [-0.2, 0) is 13.8 Å². The zero-order valence-corrected chi connectivity index (χ0v) is 16.0. The highest BCUT2D eigenvalue weighted by Crippen LogP contribution is 2.42. The fraction of sp³-hybridized carbons (Fsp3) is 1.00. The molecule has 140 valence electrons. The van der Waals surface area contributed by atoms with Crippen LogP contribution in [0.15, 0.2) is 0 Å². The Hall–Kier alpha value is 0.0300. The summed E-state index contributed by atoms with van der Waals surface area (Å²) in [4.78, 5) is 17.6. The second-order valence-corrected chi connectivity index (χ2v) is 8.67. The Morgan fingerprint density at radius 2 is 1.39 bits per heavy atom. The van der Waals surface area contributed by atoms with E-state index in [-0.39, 0.29) is 12.0 Å². The lowest BCUT2D eigenvalue weighted by Crippen LogP contribution is -2.22. The van der Waals surface area contributed by atoms with E-state index in [9.17, 15) is 4.57 Å². The van der Waals surface area contributed by atoms with Crippen LogP contribution in [-0.4, -0.2) is 40.3 Å². The number of hydrogen-bond donors (Lipinski definition) is 3. The molecule has 6 nitrogen and oxygen atoms in total. The minimum Gasteiger partial charge on any atom is -0.396 e. The van der Waals surface area contributed by atoms with Gasteiger partial charge in [-0.3, -0.25) is 4.52 Å². The number of rotatable bonds is 14. The van der Waals surface area contributed by atoms with E-state index in [1.165, 1.54) is 0 Å². The summed E-state index contributed by atoms with van der Waals surface area (Å²) < 4.78 is 21.2. The van der Waals surface area contributed by atoms with Crippen molar-refractivity contribution in [3.8, 4) is 0 Å². The van der Waals surface area contributed by atoms with Gasteiger partial charge in [0.2, 0.25) is 0 Å². The molecule has 0 amide bonds. The van der Waals surface area contributed by atoms with Crippen LogP contribution in [0.25, 0.3) is 0 Å². The molecule has 0 fully saturated rings. The monoisotopic (exact) mass is 354 g/mol. The molecule has 0 aromatic heterocycles. The lowest BCUT2D eigenvalue weighted by Gasteiger charge is -2.25. The third-order valence-electron chi connectivity index (χ3n) is 3.86. The van der Waals surface area contributed by atoms with Gasteiger partial charge in [-0.05, 0) is 57.8 Å². The van der Waals surface area contributed by atoms with E-state index in [2.05, 4.69) is 13.8 Å². The smallest absolute Gasteiger partial charge is 0.396 e. The summed E-state index contributed by atoms with van der Waals surface area (Å²) in [5.74, 6) is 0. The summed E-state index contributed by atoms with van der Waals surface area (Å²) >= 11 is 0. The van der Waals surface area contributed by atoms with Crippen molar-refractivity contribution in [2.45, 2.75) is 78.2 Å². The minimum absolute atomic E-state index is 0.194. The van der Waals surface area contributed by atoms with Gasteiger partial charge >= 0.3 is 7.82 Å². The van der Waals surface area contributed by atoms with Gasteiger partial charge in [0, 0.05) is 19.8 Å². The molecule has 0 aromatic carbocycles. The molecule has 7 heteroatoms. The molecule has 3 N–H and O–H groups in total. The summed E-state index contributed by atoms with van der Waals surface area (Å²) in [6.45, 7) is 9.34. The first-order valence-electron chi connectivity index (χ1n) is 8.42. The summed E-state index contributed by atoms with van der Waals surface area (Å²) in [7, 11) is -4.43. The Morgan fingerprint density at radius 1 is 0.870 bits per heavy atom. The molecule has 0 spiro atoms. The molecule has 0 saturated carbocycles. The molecule has 0 aliphatic heterocycles. The van der Waals surface area contributed by atoms with Gasteiger partial charge in [-0.1, -0.05) is 20.3 Å². The quantitative estimate of drug-likeness (QED) is 0.325. The van der Waals surface area contributed by atoms with Gasteiger partial charge in [0.1, 0.15) is 0 Å². The van der Waals surface area contributed by atoms with Crippen molar-refractivity contribution >= 4 is 7.82 Å². The SMILES string of the molecule is CC(C)(CCO)CCCCOCCCCC(C)(C)OP(=O)(O)O. The largest absolute Gasteiger partial charge is 0.470 e. The Kier molecular flexibility index (Phi) is 10.8. The second-order valence-electron chi connectivity index (χ2n) is 7.51. The van der Waals surface area contributed by atoms with E-state index in [1.54, 1.807) is 13.8 Å². The van der Waals surface area contributed by atoms with E-state index in [1.807, 2.05) is 0 Å². The predicted octanol–water partition coefficient (Wildman–Crippen LogP) is 3.64. The van der Waals surface area contributed by atoms with Gasteiger partial charge in [-0.15, -0.1) is 0 Å². The Labute approximate surface area is 140 Å². The maximum Gasteiger partial charge on any atom is 0.470 e. The highest BCUT2D eigenvalue weighted by molar-refractivity contribution is 7.46. The molecule has 0 saturated heterocycles. The lowest BCUT2D eigenvalue weighted by molar-refractivity contribution is 0.0522. The summed E-state index contributed by atoms with van der Waals surface area (Å²) in [5.41, 5.74) is -0.628. The predicted molar refractivity (Wildman–Crippen MR) is 91.2 cm³/mol. The maximum absolute atomic E-state index is 10.8. The molecule has 0 bridgehead atoms. The van der Waals surface area contributed by atoms with Crippen molar-refractivity contribution in [1.29, 1.82) is 0 Å². The molecule has 0 aliphatic rings. The topological polar surface area (TPSA) is 96.2 Å². The number of aliphatic hydroxyl groups excluding tert-OH is 1. The van der Waals surface area contributed by atoms with E-state index in [0.717, 1.165) is 45.1 Å². The zero-order valence-electron chi connectivity index (χ0n) is 15.1. The molecule has 0 heterocycles. The van der Waals surface area contributed by atoms with E-state index >= 15 is 0 Å². The lowest BCUT2D eigenvalue weighted by atomic mass is 9.84. The third kappa shape index (κ3) is 15.3. The Bertz CT molecular complexity index is 350. The number of unbranched alkanes of at least 4 members (excludes halogenated alkanes) is 2. The fourth-order valence-corrected chi connectivity index (χ4v) is 3.19. The fourth-order valence-electron chi connectivity index (χ4n) is 2.46. The van der Waals surface area contributed by atoms with Gasteiger partial charge in [0.15, 0.2) is 0 Å². The first kappa shape index (κ1) is 23.0. The van der Waals surface area contributed by atoms with Crippen LogP contribution in [0.5, 0.6) is 0 Å². The highest BCUT2D eigenvalue weighted by Gasteiger charge is 2.28. The van der Waals surface area contributed by atoms with Crippen LogP contribution in [0.1, 0.15) is 72.6 Å². The Balaban J connectivity index is 3.55. The minimum atomic E-state index is -4.43. The van der Waals surface area contributed by atoms with Crippen LogP contribution in [0.4, 0.5) is 0 Å². The number of ether oxygens (including phenoxy) is 1. The summed E-state index contributed by atoms with van der Waals surface area (Å²) in [6.07, 6.45) is 6.26. The third-order valence-corrected chi connectivity index (χ3v) is 4.60. The van der Waals surface area contributed by atoms with Crippen molar-refractivity contribution in [2.24, 2.45) is 5.41 Å². The average Bonchev–Trinajstić information content (AvgIpc) is 2.33. The molecule has 0 aromatic rings. The normalized spacial score (nSPS) is 13.5. The zero-order chi connectivity index (χ0) is 18.0. The second kappa shape index (κ2) is 10.8. The molecule has 0 aliphatic carbocycles. The molecular formula is C16H35O6P. The van der Waals surface area contributed by atoms with Crippen LogP contribution >= 0.6 is 7.82 Å². The van der Waals surface area contributed by atoms with E-state index in [0.29, 0.717) is 13.0 Å². The number of hydrogen-bond acceptors (Lipinski definition) is 4. The molecular weight excluding hydrogens is 319 g/mol.